The zero-order chi connectivity index (χ0) is 18.1. The largest absolute Gasteiger partial charge is 0.493 e. The Labute approximate surface area is 154 Å². The van der Waals surface area contributed by atoms with Crippen LogP contribution in [0.5, 0.6) is 5.75 Å². The van der Waals surface area contributed by atoms with Gasteiger partial charge in [0.2, 0.25) is 0 Å². The molecule has 0 fully saturated rings. The van der Waals surface area contributed by atoms with Crippen molar-refractivity contribution in [3.05, 3.63) is 42.0 Å². The van der Waals surface area contributed by atoms with E-state index in [0.717, 1.165) is 31.9 Å². The Hall–Kier alpha value is -1.54. The SMILES string of the molecule is CCCCCCCOc1ccc2ccccc2c1CNCC(C)(C)C. The molecule has 2 nitrogen and oxygen atoms in total. The molecule has 2 heteroatoms. The van der Waals surface area contributed by atoms with Crippen molar-refractivity contribution in [3.63, 3.8) is 0 Å². The summed E-state index contributed by atoms with van der Waals surface area (Å²) in [6.45, 7) is 11.7. The van der Waals surface area contributed by atoms with E-state index in [2.05, 4.69) is 69.4 Å². The lowest BCUT2D eigenvalue weighted by molar-refractivity contribution is 0.300. The van der Waals surface area contributed by atoms with Gasteiger partial charge in [0.05, 0.1) is 6.61 Å². The third kappa shape index (κ3) is 6.70. The molecular weight excluding hydrogens is 306 g/mol. The van der Waals surface area contributed by atoms with Crippen LogP contribution >= 0.6 is 0 Å². The zero-order valence-corrected chi connectivity index (χ0v) is 16.5. The van der Waals surface area contributed by atoms with Crippen molar-refractivity contribution in [2.75, 3.05) is 13.2 Å². The van der Waals surface area contributed by atoms with Crippen LogP contribution in [0.2, 0.25) is 0 Å². The molecular formula is C23H35NO. The fourth-order valence-electron chi connectivity index (χ4n) is 3.08. The summed E-state index contributed by atoms with van der Waals surface area (Å²) in [4.78, 5) is 0. The lowest BCUT2D eigenvalue weighted by Crippen LogP contribution is -2.26. The highest BCUT2D eigenvalue weighted by Gasteiger charge is 2.12. The van der Waals surface area contributed by atoms with Crippen molar-refractivity contribution in [2.24, 2.45) is 5.41 Å². The first-order chi connectivity index (χ1) is 12.0. The maximum Gasteiger partial charge on any atom is 0.124 e. The highest BCUT2D eigenvalue weighted by molar-refractivity contribution is 5.87. The van der Waals surface area contributed by atoms with Crippen molar-refractivity contribution in [1.29, 1.82) is 0 Å². The van der Waals surface area contributed by atoms with Crippen molar-refractivity contribution >= 4 is 10.8 Å². The summed E-state index contributed by atoms with van der Waals surface area (Å²) in [5.74, 6) is 1.04. The maximum absolute atomic E-state index is 6.17. The number of rotatable bonds is 10. The minimum Gasteiger partial charge on any atom is -0.493 e. The molecule has 0 unspecified atom stereocenters. The van der Waals surface area contributed by atoms with Gasteiger partial charge in [-0.05, 0) is 28.7 Å². The van der Waals surface area contributed by atoms with Gasteiger partial charge in [-0.15, -0.1) is 0 Å². The van der Waals surface area contributed by atoms with Gasteiger partial charge in [0.25, 0.3) is 0 Å². The van der Waals surface area contributed by atoms with E-state index in [1.54, 1.807) is 0 Å². The molecule has 0 aromatic heterocycles. The van der Waals surface area contributed by atoms with E-state index in [4.69, 9.17) is 4.74 Å². The van der Waals surface area contributed by atoms with Crippen LogP contribution in [0.1, 0.15) is 65.4 Å². The zero-order valence-electron chi connectivity index (χ0n) is 16.5. The second kappa shape index (κ2) is 9.82. The first-order valence-corrected chi connectivity index (χ1v) is 9.85. The number of benzene rings is 2. The summed E-state index contributed by atoms with van der Waals surface area (Å²) in [6, 6.07) is 12.9. The third-order valence-electron chi connectivity index (χ3n) is 4.46. The number of ether oxygens (including phenoxy) is 1. The van der Waals surface area contributed by atoms with Crippen LogP contribution in [0, 0.1) is 5.41 Å². The molecule has 2 aromatic rings. The Bertz CT molecular complexity index is 642. The third-order valence-corrected chi connectivity index (χ3v) is 4.46. The maximum atomic E-state index is 6.17. The minimum atomic E-state index is 0.283. The number of unbranched alkanes of at least 4 members (excludes halogenated alkanes) is 4. The molecule has 0 amide bonds. The van der Waals surface area contributed by atoms with Crippen LogP contribution in [0.3, 0.4) is 0 Å². The molecule has 138 valence electrons. The van der Waals surface area contributed by atoms with E-state index < -0.39 is 0 Å². The fourth-order valence-corrected chi connectivity index (χ4v) is 3.08. The van der Waals surface area contributed by atoms with Crippen LogP contribution in [-0.2, 0) is 6.54 Å². The summed E-state index contributed by atoms with van der Waals surface area (Å²) < 4.78 is 6.17. The predicted octanol–water partition coefficient (Wildman–Crippen LogP) is 6.32. The summed E-state index contributed by atoms with van der Waals surface area (Å²) in [5, 5.41) is 6.19. The van der Waals surface area contributed by atoms with E-state index in [1.807, 2.05) is 0 Å². The van der Waals surface area contributed by atoms with Gasteiger partial charge in [0.1, 0.15) is 5.75 Å². The Morgan fingerprint density at radius 2 is 1.68 bits per heavy atom. The van der Waals surface area contributed by atoms with E-state index >= 15 is 0 Å². The van der Waals surface area contributed by atoms with Crippen LogP contribution in [-0.4, -0.2) is 13.2 Å². The molecule has 0 saturated carbocycles. The highest BCUT2D eigenvalue weighted by Crippen LogP contribution is 2.28. The number of hydrogen-bond acceptors (Lipinski definition) is 2. The molecule has 0 aliphatic heterocycles. The Kier molecular flexibility index (Phi) is 7.77. The Morgan fingerprint density at radius 1 is 0.920 bits per heavy atom. The first kappa shape index (κ1) is 19.8. The number of hydrogen-bond donors (Lipinski definition) is 1. The van der Waals surface area contributed by atoms with Crippen LogP contribution in [0.25, 0.3) is 10.8 Å². The van der Waals surface area contributed by atoms with Gasteiger partial charge in [0.15, 0.2) is 0 Å². The van der Waals surface area contributed by atoms with Gasteiger partial charge in [-0.25, -0.2) is 0 Å². The van der Waals surface area contributed by atoms with Gasteiger partial charge >= 0.3 is 0 Å². The van der Waals surface area contributed by atoms with Crippen molar-refractivity contribution < 1.29 is 4.74 Å². The Morgan fingerprint density at radius 3 is 2.44 bits per heavy atom. The molecule has 0 heterocycles. The van der Waals surface area contributed by atoms with Gasteiger partial charge in [-0.2, -0.15) is 0 Å². The topological polar surface area (TPSA) is 21.3 Å². The van der Waals surface area contributed by atoms with E-state index in [0.29, 0.717) is 0 Å². The van der Waals surface area contributed by atoms with Crippen molar-refractivity contribution in [2.45, 2.75) is 66.3 Å². The second-order valence-corrected chi connectivity index (χ2v) is 8.19. The number of nitrogens with one attached hydrogen (secondary N) is 1. The monoisotopic (exact) mass is 341 g/mol. The van der Waals surface area contributed by atoms with Gasteiger partial charge in [-0.3, -0.25) is 0 Å². The molecule has 0 atom stereocenters. The first-order valence-electron chi connectivity index (χ1n) is 9.85. The van der Waals surface area contributed by atoms with Gasteiger partial charge in [-0.1, -0.05) is 83.7 Å². The molecule has 0 aliphatic rings. The quantitative estimate of drug-likeness (QED) is 0.510. The standard InChI is InChI=1S/C23H35NO/c1-5-6-7-8-11-16-25-22-15-14-19-12-9-10-13-20(19)21(22)17-24-18-23(2,3)4/h9-10,12-15,24H,5-8,11,16-18H2,1-4H3. The molecule has 0 radical (unpaired) electrons. The molecule has 0 spiro atoms. The van der Waals surface area contributed by atoms with Crippen LogP contribution < -0.4 is 10.1 Å². The van der Waals surface area contributed by atoms with E-state index in [9.17, 15) is 0 Å². The number of fused-ring (bicyclic) bond motifs is 1. The molecule has 25 heavy (non-hydrogen) atoms. The summed E-state index contributed by atoms with van der Waals surface area (Å²) in [6.07, 6.45) is 6.34. The average molecular weight is 342 g/mol. The lowest BCUT2D eigenvalue weighted by Gasteiger charge is -2.20. The predicted molar refractivity (Wildman–Crippen MR) is 109 cm³/mol. The van der Waals surface area contributed by atoms with E-state index in [-0.39, 0.29) is 5.41 Å². The van der Waals surface area contributed by atoms with Gasteiger partial charge in [0, 0.05) is 18.7 Å². The molecule has 0 aliphatic carbocycles. The second-order valence-electron chi connectivity index (χ2n) is 8.19. The smallest absolute Gasteiger partial charge is 0.124 e. The van der Waals surface area contributed by atoms with Crippen LogP contribution in [0.4, 0.5) is 0 Å². The lowest BCUT2D eigenvalue weighted by atomic mass is 9.96. The van der Waals surface area contributed by atoms with Crippen molar-refractivity contribution in [3.8, 4) is 5.75 Å². The van der Waals surface area contributed by atoms with Crippen molar-refractivity contribution in [1.82, 2.24) is 5.32 Å². The molecule has 2 aromatic carbocycles. The summed E-state index contributed by atoms with van der Waals surface area (Å²) >= 11 is 0. The summed E-state index contributed by atoms with van der Waals surface area (Å²) in [7, 11) is 0. The molecule has 0 saturated heterocycles. The highest BCUT2D eigenvalue weighted by atomic mass is 16.5. The molecule has 2 rings (SSSR count). The average Bonchev–Trinajstić information content (AvgIpc) is 2.58. The Balaban J connectivity index is 2.05. The van der Waals surface area contributed by atoms with Crippen LogP contribution in [0.15, 0.2) is 36.4 Å². The molecule has 1 N–H and O–H groups in total. The summed E-state index contributed by atoms with van der Waals surface area (Å²) in [5.41, 5.74) is 1.57. The minimum absolute atomic E-state index is 0.283. The fraction of sp³-hybridized carbons (Fsp3) is 0.565. The van der Waals surface area contributed by atoms with E-state index in [1.165, 1.54) is 42.0 Å². The normalized spacial score (nSPS) is 11.8. The van der Waals surface area contributed by atoms with Gasteiger partial charge < -0.3 is 10.1 Å². The molecule has 0 bridgehead atoms.